The molecule has 0 amide bonds. The predicted molar refractivity (Wildman–Crippen MR) is 77.7 cm³/mol. The summed E-state index contributed by atoms with van der Waals surface area (Å²) >= 11 is 0. The first-order valence-corrected chi connectivity index (χ1v) is 6.82. The van der Waals surface area contributed by atoms with Crippen molar-refractivity contribution in [2.24, 2.45) is 0 Å². The normalized spacial score (nSPS) is 13.1. The molecule has 2 aromatic carbocycles. The van der Waals surface area contributed by atoms with Crippen LogP contribution in [0, 0.1) is 0 Å². The molecule has 0 spiro atoms. The van der Waals surface area contributed by atoms with Gasteiger partial charge in [0.2, 0.25) is 0 Å². The second kappa shape index (κ2) is 5.45. The van der Waals surface area contributed by atoms with E-state index in [1.165, 1.54) is 22.3 Å². The summed E-state index contributed by atoms with van der Waals surface area (Å²) in [6, 6.07) is 15.3. The lowest BCUT2D eigenvalue weighted by molar-refractivity contribution is 0.357. The highest BCUT2D eigenvalue weighted by atomic mass is 16.5. The fourth-order valence-corrected chi connectivity index (χ4v) is 2.64. The van der Waals surface area contributed by atoms with Crippen molar-refractivity contribution in [1.82, 2.24) is 5.32 Å². The SMILES string of the molecule is CNCc1cccc(Cc2ccc3c(c2)CCO3)c1. The Morgan fingerprint density at radius 2 is 1.89 bits per heavy atom. The molecule has 0 saturated carbocycles. The van der Waals surface area contributed by atoms with Crippen LogP contribution in [-0.2, 0) is 19.4 Å². The third-order valence-electron chi connectivity index (χ3n) is 3.53. The van der Waals surface area contributed by atoms with E-state index in [-0.39, 0.29) is 0 Å². The van der Waals surface area contributed by atoms with Crippen LogP contribution in [0.5, 0.6) is 5.75 Å². The number of nitrogens with one attached hydrogen (secondary N) is 1. The van der Waals surface area contributed by atoms with Crippen molar-refractivity contribution in [1.29, 1.82) is 0 Å². The first-order valence-electron chi connectivity index (χ1n) is 6.82. The summed E-state index contributed by atoms with van der Waals surface area (Å²) in [6.45, 7) is 1.75. The zero-order chi connectivity index (χ0) is 13.1. The average molecular weight is 253 g/mol. The van der Waals surface area contributed by atoms with Gasteiger partial charge in [-0.25, -0.2) is 0 Å². The van der Waals surface area contributed by atoms with E-state index < -0.39 is 0 Å². The smallest absolute Gasteiger partial charge is 0.122 e. The average Bonchev–Trinajstić information content (AvgIpc) is 2.87. The largest absolute Gasteiger partial charge is 0.493 e. The predicted octanol–water partition coefficient (Wildman–Crippen LogP) is 2.93. The Labute approximate surface area is 114 Å². The zero-order valence-corrected chi connectivity index (χ0v) is 11.3. The van der Waals surface area contributed by atoms with E-state index >= 15 is 0 Å². The number of benzene rings is 2. The maximum absolute atomic E-state index is 5.55. The van der Waals surface area contributed by atoms with E-state index in [1.54, 1.807) is 0 Å². The summed E-state index contributed by atoms with van der Waals surface area (Å²) < 4.78 is 5.55. The Morgan fingerprint density at radius 3 is 2.79 bits per heavy atom. The number of hydrogen-bond donors (Lipinski definition) is 1. The summed E-state index contributed by atoms with van der Waals surface area (Å²) in [7, 11) is 1.98. The van der Waals surface area contributed by atoms with Crippen LogP contribution in [0.2, 0.25) is 0 Å². The summed E-state index contributed by atoms with van der Waals surface area (Å²) in [5, 5.41) is 3.19. The number of fused-ring (bicyclic) bond motifs is 1. The van der Waals surface area contributed by atoms with Crippen molar-refractivity contribution in [3.05, 3.63) is 64.7 Å². The highest BCUT2D eigenvalue weighted by Crippen LogP contribution is 2.26. The van der Waals surface area contributed by atoms with Crippen molar-refractivity contribution in [2.45, 2.75) is 19.4 Å². The highest BCUT2D eigenvalue weighted by Gasteiger charge is 2.11. The van der Waals surface area contributed by atoms with E-state index in [0.29, 0.717) is 0 Å². The maximum Gasteiger partial charge on any atom is 0.122 e. The van der Waals surface area contributed by atoms with Crippen molar-refractivity contribution >= 4 is 0 Å². The van der Waals surface area contributed by atoms with Gasteiger partial charge in [-0.3, -0.25) is 0 Å². The van der Waals surface area contributed by atoms with Crippen molar-refractivity contribution in [2.75, 3.05) is 13.7 Å². The Hall–Kier alpha value is -1.80. The molecular formula is C17H19NO. The van der Waals surface area contributed by atoms with E-state index in [1.807, 2.05) is 7.05 Å². The third-order valence-corrected chi connectivity index (χ3v) is 3.53. The molecule has 1 aliphatic heterocycles. The van der Waals surface area contributed by atoms with Crippen LogP contribution in [0.3, 0.4) is 0 Å². The molecule has 1 heterocycles. The van der Waals surface area contributed by atoms with Crippen LogP contribution in [0.4, 0.5) is 0 Å². The first kappa shape index (κ1) is 12.2. The molecule has 2 aromatic rings. The molecule has 98 valence electrons. The minimum atomic E-state index is 0.830. The van der Waals surface area contributed by atoms with Gasteiger partial charge in [0.25, 0.3) is 0 Å². The maximum atomic E-state index is 5.55. The van der Waals surface area contributed by atoms with Gasteiger partial charge >= 0.3 is 0 Å². The molecular weight excluding hydrogens is 234 g/mol. The van der Waals surface area contributed by atoms with Crippen molar-refractivity contribution in [3.63, 3.8) is 0 Å². The molecule has 0 atom stereocenters. The fourth-order valence-electron chi connectivity index (χ4n) is 2.64. The zero-order valence-electron chi connectivity index (χ0n) is 11.3. The number of rotatable bonds is 4. The van der Waals surface area contributed by atoms with Gasteiger partial charge in [0.1, 0.15) is 5.75 Å². The summed E-state index contributed by atoms with van der Waals surface area (Å²) in [5.41, 5.74) is 5.42. The highest BCUT2D eigenvalue weighted by molar-refractivity contribution is 5.41. The monoisotopic (exact) mass is 253 g/mol. The lowest BCUT2D eigenvalue weighted by Gasteiger charge is -2.07. The van der Waals surface area contributed by atoms with Crippen molar-refractivity contribution < 1.29 is 4.74 Å². The molecule has 0 aliphatic carbocycles. The molecule has 19 heavy (non-hydrogen) atoms. The van der Waals surface area contributed by atoms with Gasteiger partial charge in [-0.05, 0) is 41.8 Å². The number of hydrogen-bond acceptors (Lipinski definition) is 2. The van der Waals surface area contributed by atoms with Crippen molar-refractivity contribution in [3.8, 4) is 5.75 Å². The molecule has 1 N–H and O–H groups in total. The van der Waals surface area contributed by atoms with Crippen LogP contribution in [0.1, 0.15) is 22.3 Å². The van der Waals surface area contributed by atoms with E-state index in [9.17, 15) is 0 Å². The van der Waals surface area contributed by atoms with Crippen LogP contribution >= 0.6 is 0 Å². The lowest BCUT2D eigenvalue weighted by atomic mass is 10.0. The molecule has 0 bridgehead atoms. The molecule has 0 unspecified atom stereocenters. The Balaban J connectivity index is 1.79. The lowest BCUT2D eigenvalue weighted by Crippen LogP contribution is -2.05. The minimum Gasteiger partial charge on any atom is -0.493 e. The Kier molecular flexibility index (Phi) is 3.51. The second-order valence-electron chi connectivity index (χ2n) is 5.07. The minimum absolute atomic E-state index is 0.830. The quantitative estimate of drug-likeness (QED) is 0.904. The standard InChI is InChI=1S/C17H19NO/c1-18-12-15-4-2-3-13(10-15)9-14-5-6-17-16(11-14)7-8-19-17/h2-6,10-11,18H,7-9,12H2,1H3. The topological polar surface area (TPSA) is 21.3 Å². The van der Waals surface area contributed by atoms with Crippen LogP contribution in [0.25, 0.3) is 0 Å². The molecule has 0 saturated heterocycles. The fraction of sp³-hybridized carbons (Fsp3) is 0.294. The summed E-state index contributed by atoms with van der Waals surface area (Å²) in [4.78, 5) is 0. The van der Waals surface area contributed by atoms with E-state index in [2.05, 4.69) is 47.8 Å². The van der Waals surface area contributed by atoms with Gasteiger partial charge < -0.3 is 10.1 Å². The van der Waals surface area contributed by atoms with Gasteiger partial charge in [0.15, 0.2) is 0 Å². The summed E-state index contributed by atoms with van der Waals surface area (Å²) in [6.07, 6.45) is 2.04. The Bertz CT molecular complexity index is 577. The van der Waals surface area contributed by atoms with Gasteiger partial charge in [0, 0.05) is 13.0 Å². The van der Waals surface area contributed by atoms with Gasteiger partial charge in [-0.2, -0.15) is 0 Å². The molecule has 0 fully saturated rings. The van der Waals surface area contributed by atoms with E-state index in [0.717, 1.165) is 31.7 Å². The van der Waals surface area contributed by atoms with Crippen LogP contribution < -0.4 is 10.1 Å². The van der Waals surface area contributed by atoms with Gasteiger partial charge in [-0.15, -0.1) is 0 Å². The van der Waals surface area contributed by atoms with E-state index in [4.69, 9.17) is 4.74 Å². The van der Waals surface area contributed by atoms with Gasteiger partial charge in [-0.1, -0.05) is 36.4 Å². The molecule has 2 heteroatoms. The first-order chi connectivity index (χ1) is 9.35. The van der Waals surface area contributed by atoms with Gasteiger partial charge in [0.05, 0.1) is 6.61 Å². The molecule has 1 aliphatic rings. The second-order valence-corrected chi connectivity index (χ2v) is 5.07. The Morgan fingerprint density at radius 1 is 1.05 bits per heavy atom. The van der Waals surface area contributed by atoms with Crippen LogP contribution in [-0.4, -0.2) is 13.7 Å². The molecule has 0 aromatic heterocycles. The molecule has 2 nitrogen and oxygen atoms in total. The summed E-state index contributed by atoms with van der Waals surface area (Å²) in [5.74, 6) is 1.06. The number of ether oxygens (including phenoxy) is 1. The third kappa shape index (κ3) is 2.79. The molecule has 0 radical (unpaired) electrons. The molecule has 3 rings (SSSR count). The van der Waals surface area contributed by atoms with Crippen LogP contribution in [0.15, 0.2) is 42.5 Å².